The smallest absolute Gasteiger partial charge is 0.315 e. The Balaban J connectivity index is 1.65. The molecule has 0 bridgehead atoms. The van der Waals surface area contributed by atoms with Crippen molar-refractivity contribution in [2.24, 2.45) is 0 Å². The quantitative estimate of drug-likeness (QED) is 0.615. The number of hydrogen-bond acceptors (Lipinski definition) is 5. The van der Waals surface area contributed by atoms with Gasteiger partial charge in [0.15, 0.2) is 5.13 Å². The third-order valence-electron chi connectivity index (χ3n) is 2.30. The second kappa shape index (κ2) is 6.64. The van der Waals surface area contributed by atoms with E-state index in [1.165, 1.54) is 11.3 Å². The molecule has 2 aromatic rings. The van der Waals surface area contributed by atoms with Gasteiger partial charge in [-0.3, -0.25) is 14.9 Å². The second-order valence-corrected chi connectivity index (χ2v) is 4.60. The van der Waals surface area contributed by atoms with Crippen molar-refractivity contribution < 1.29 is 9.59 Å². The van der Waals surface area contributed by atoms with Crippen molar-refractivity contribution in [3.63, 3.8) is 0 Å². The van der Waals surface area contributed by atoms with Gasteiger partial charge in [-0.25, -0.2) is 9.97 Å². The Bertz CT molecular complexity index is 523. The zero-order valence-corrected chi connectivity index (χ0v) is 10.9. The molecule has 0 saturated carbocycles. The van der Waals surface area contributed by atoms with E-state index in [0.717, 1.165) is 13.0 Å². The molecule has 100 valence electrons. The van der Waals surface area contributed by atoms with Gasteiger partial charge in [-0.05, 0) is 6.42 Å². The summed E-state index contributed by atoms with van der Waals surface area (Å²) in [4.78, 5) is 30.7. The third kappa shape index (κ3) is 4.18. The van der Waals surface area contributed by atoms with E-state index < -0.39 is 11.8 Å². The lowest BCUT2D eigenvalue weighted by Gasteiger charge is -2.05. The molecule has 8 heteroatoms. The number of amides is 2. The molecule has 2 aromatic heterocycles. The highest BCUT2D eigenvalue weighted by Crippen LogP contribution is 2.09. The molecule has 0 aliphatic heterocycles. The zero-order valence-electron chi connectivity index (χ0n) is 10.1. The van der Waals surface area contributed by atoms with E-state index in [2.05, 4.69) is 20.6 Å². The van der Waals surface area contributed by atoms with E-state index in [1.807, 2.05) is 10.8 Å². The molecule has 2 amide bonds. The Morgan fingerprint density at radius 3 is 2.89 bits per heavy atom. The van der Waals surface area contributed by atoms with Gasteiger partial charge in [-0.15, -0.1) is 11.3 Å². The Morgan fingerprint density at radius 2 is 2.21 bits per heavy atom. The predicted molar refractivity (Wildman–Crippen MR) is 70.6 cm³/mol. The Hall–Kier alpha value is -2.22. The molecule has 0 aliphatic rings. The van der Waals surface area contributed by atoms with Crippen LogP contribution in [-0.2, 0) is 16.1 Å². The van der Waals surface area contributed by atoms with Crippen LogP contribution in [-0.4, -0.2) is 32.9 Å². The summed E-state index contributed by atoms with van der Waals surface area (Å²) >= 11 is 1.26. The molecular weight excluding hydrogens is 266 g/mol. The van der Waals surface area contributed by atoms with Gasteiger partial charge in [0.05, 0.1) is 6.33 Å². The number of nitrogens with zero attached hydrogens (tertiary/aromatic N) is 3. The van der Waals surface area contributed by atoms with E-state index in [0.29, 0.717) is 11.7 Å². The van der Waals surface area contributed by atoms with Crippen LogP contribution in [0, 0.1) is 0 Å². The topological polar surface area (TPSA) is 88.9 Å². The number of imidazole rings is 1. The van der Waals surface area contributed by atoms with Gasteiger partial charge in [-0.1, -0.05) is 0 Å². The lowest BCUT2D eigenvalue weighted by atomic mass is 10.4. The van der Waals surface area contributed by atoms with Crippen LogP contribution in [0.15, 0.2) is 30.3 Å². The van der Waals surface area contributed by atoms with Crippen LogP contribution < -0.4 is 10.6 Å². The fraction of sp³-hybridized carbons (Fsp3) is 0.273. The Kier molecular flexibility index (Phi) is 4.62. The summed E-state index contributed by atoms with van der Waals surface area (Å²) in [5.74, 6) is -1.35. The van der Waals surface area contributed by atoms with Crippen molar-refractivity contribution in [1.82, 2.24) is 19.9 Å². The second-order valence-electron chi connectivity index (χ2n) is 3.70. The number of aromatic nitrogens is 3. The van der Waals surface area contributed by atoms with Crippen molar-refractivity contribution in [3.05, 3.63) is 30.3 Å². The van der Waals surface area contributed by atoms with Crippen LogP contribution >= 0.6 is 11.3 Å². The lowest BCUT2D eigenvalue weighted by Crippen LogP contribution is -2.36. The molecule has 0 spiro atoms. The third-order valence-corrected chi connectivity index (χ3v) is 2.99. The maximum absolute atomic E-state index is 11.5. The van der Waals surface area contributed by atoms with Crippen LogP contribution in [0.2, 0.25) is 0 Å². The summed E-state index contributed by atoms with van der Waals surface area (Å²) in [6, 6.07) is 0. The first-order valence-corrected chi connectivity index (χ1v) is 6.58. The molecule has 7 nitrogen and oxygen atoms in total. The maximum atomic E-state index is 11.5. The first kappa shape index (κ1) is 13.2. The molecular formula is C11H13N5O2S. The van der Waals surface area contributed by atoms with Gasteiger partial charge < -0.3 is 9.88 Å². The van der Waals surface area contributed by atoms with Crippen LogP contribution in [0.3, 0.4) is 0 Å². The highest BCUT2D eigenvalue weighted by Gasteiger charge is 2.13. The maximum Gasteiger partial charge on any atom is 0.315 e. The SMILES string of the molecule is O=C(NCCCn1ccnc1)C(=O)Nc1nccs1. The number of aryl methyl sites for hydroxylation is 1. The number of rotatable bonds is 5. The summed E-state index contributed by atoms with van der Waals surface area (Å²) < 4.78 is 1.90. The monoisotopic (exact) mass is 279 g/mol. The molecule has 0 unspecified atom stereocenters. The van der Waals surface area contributed by atoms with Crippen LogP contribution in [0.1, 0.15) is 6.42 Å². The summed E-state index contributed by atoms with van der Waals surface area (Å²) in [6.45, 7) is 1.18. The molecule has 0 radical (unpaired) electrons. The highest BCUT2D eigenvalue weighted by atomic mass is 32.1. The number of nitrogens with one attached hydrogen (secondary N) is 2. The van der Waals surface area contributed by atoms with Gasteiger partial charge in [0.1, 0.15) is 0 Å². The van der Waals surface area contributed by atoms with E-state index >= 15 is 0 Å². The summed E-state index contributed by atoms with van der Waals surface area (Å²) in [6.07, 6.45) is 7.53. The normalized spacial score (nSPS) is 10.1. The molecule has 0 aromatic carbocycles. The van der Waals surface area contributed by atoms with Gasteiger partial charge in [-0.2, -0.15) is 0 Å². The summed E-state index contributed by atoms with van der Waals surface area (Å²) in [7, 11) is 0. The highest BCUT2D eigenvalue weighted by molar-refractivity contribution is 7.13. The lowest BCUT2D eigenvalue weighted by molar-refractivity contribution is -0.136. The minimum atomic E-state index is -0.697. The molecule has 0 atom stereocenters. The Labute approximate surface area is 113 Å². The number of anilines is 1. The minimum Gasteiger partial charge on any atom is -0.348 e. The standard InChI is InChI=1S/C11H13N5O2S/c17-9(10(18)15-11-14-4-7-19-11)13-2-1-5-16-6-3-12-8-16/h3-4,6-8H,1-2,5H2,(H,13,17)(H,14,15,18). The summed E-state index contributed by atoms with van der Waals surface area (Å²) in [5.41, 5.74) is 0. The van der Waals surface area contributed by atoms with Crippen molar-refractivity contribution in [1.29, 1.82) is 0 Å². The fourth-order valence-corrected chi connectivity index (χ4v) is 1.93. The van der Waals surface area contributed by atoms with Gasteiger partial charge in [0.2, 0.25) is 0 Å². The van der Waals surface area contributed by atoms with Crippen molar-refractivity contribution >= 4 is 28.3 Å². The molecule has 0 saturated heterocycles. The zero-order chi connectivity index (χ0) is 13.5. The van der Waals surface area contributed by atoms with Crippen molar-refractivity contribution in [2.75, 3.05) is 11.9 Å². The average Bonchev–Trinajstić information content (AvgIpc) is 3.07. The summed E-state index contributed by atoms with van der Waals surface area (Å²) in [5, 5.41) is 7.10. The molecule has 0 fully saturated rings. The van der Waals surface area contributed by atoms with Gasteiger partial charge in [0, 0.05) is 37.1 Å². The molecule has 2 rings (SSSR count). The van der Waals surface area contributed by atoms with E-state index in [4.69, 9.17) is 0 Å². The van der Waals surface area contributed by atoms with E-state index in [9.17, 15) is 9.59 Å². The number of carbonyl (C=O) groups excluding carboxylic acids is 2. The molecule has 0 aliphatic carbocycles. The van der Waals surface area contributed by atoms with E-state index in [1.54, 1.807) is 24.1 Å². The average molecular weight is 279 g/mol. The fourth-order valence-electron chi connectivity index (χ4n) is 1.40. The Morgan fingerprint density at radius 1 is 1.32 bits per heavy atom. The number of thiazole rings is 1. The molecule has 2 N–H and O–H groups in total. The molecule has 2 heterocycles. The van der Waals surface area contributed by atoms with Crippen LogP contribution in [0.5, 0.6) is 0 Å². The van der Waals surface area contributed by atoms with Crippen LogP contribution in [0.25, 0.3) is 0 Å². The number of carbonyl (C=O) groups is 2. The largest absolute Gasteiger partial charge is 0.348 e. The molecule has 19 heavy (non-hydrogen) atoms. The first-order chi connectivity index (χ1) is 9.25. The van der Waals surface area contributed by atoms with Crippen molar-refractivity contribution in [3.8, 4) is 0 Å². The van der Waals surface area contributed by atoms with Crippen LogP contribution in [0.4, 0.5) is 5.13 Å². The number of hydrogen-bond donors (Lipinski definition) is 2. The first-order valence-electron chi connectivity index (χ1n) is 5.70. The van der Waals surface area contributed by atoms with Crippen molar-refractivity contribution in [2.45, 2.75) is 13.0 Å². The van der Waals surface area contributed by atoms with Gasteiger partial charge >= 0.3 is 11.8 Å². The van der Waals surface area contributed by atoms with E-state index in [-0.39, 0.29) is 0 Å². The predicted octanol–water partition coefficient (Wildman–Crippen LogP) is 0.485. The van der Waals surface area contributed by atoms with Gasteiger partial charge in [0.25, 0.3) is 0 Å². The minimum absolute atomic E-state index is 0.415.